The molecule has 0 atom stereocenters. The van der Waals surface area contributed by atoms with E-state index in [1.165, 1.54) is 30.6 Å². The van der Waals surface area contributed by atoms with Crippen molar-refractivity contribution in [1.29, 1.82) is 0 Å². The number of carbonyl (C=O) groups is 1. The van der Waals surface area contributed by atoms with Crippen LogP contribution in [0.4, 0.5) is 0 Å². The second kappa shape index (κ2) is 9.98. The van der Waals surface area contributed by atoms with Crippen LogP contribution in [-0.4, -0.2) is 19.7 Å². The van der Waals surface area contributed by atoms with E-state index in [0.717, 1.165) is 0 Å². The molecule has 0 unspecified atom stereocenters. The molecule has 2 heterocycles. The van der Waals surface area contributed by atoms with Crippen molar-refractivity contribution in [3.8, 4) is 22.6 Å². The summed E-state index contributed by atoms with van der Waals surface area (Å²) >= 11 is 0. The van der Waals surface area contributed by atoms with Crippen molar-refractivity contribution < 1.29 is 23.4 Å². The van der Waals surface area contributed by atoms with Crippen molar-refractivity contribution in [2.45, 2.75) is 58.8 Å². The molecule has 4 rings (SSSR count). The van der Waals surface area contributed by atoms with E-state index in [2.05, 4.69) is 12.2 Å². The first kappa shape index (κ1) is 24.6. The van der Waals surface area contributed by atoms with Gasteiger partial charge in [0.1, 0.15) is 12.0 Å². The largest absolute Gasteiger partial charge is 0.493 e. The molecular weight excluding hydrogens is 444 g/mol. The molecule has 0 amide bonds. The van der Waals surface area contributed by atoms with Crippen LogP contribution in [-0.2, 0) is 14.9 Å². The number of fused-ring (bicyclic) bond motifs is 2. The quantitative estimate of drug-likeness (QED) is 0.414. The van der Waals surface area contributed by atoms with Crippen LogP contribution in [0, 0.1) is 0 Å². The summed E-state index contributed by atoms with van der Waals surface area (Å²) in [7, 11) is 1.47. The molecule has 0 fully saturated rings. The standard InChI is InChI=1S/C29H32O6/c1-18(2)8-6-12-29(13-7-9-19(3)4)27(31)25(32-5)15-21-26(30)22(16-33-28(21)29)20-10-11-23-24(14-20)35-17-34-23/h8-11,14-16H,6-7,12-13,17H2,1-5H3. The lowest BCUT2D eigenvalue weighted by Gasteiger charge is -2.35. The number of hydrogen-bond acceptors (Lipinski definition) is 6. The van der Waals surface area contributed by atoms with E-state index in [4.69, 9.17) is 18.6 Å². The third kappa shape index (κ3) is 4.70. The van der Waals surface area contributed by atoms with Gasteiger partial charge in [0.05, 0.1) is 23.7 Å². The summed E-state index contributed by atoms with van der Waals surface area (Å²) in [4.78, 5) is 27.5. The van der Waals surface area contributed by atoms with Crippen LogP contribution in [0.25, 0.3) is 17.2 Å². The number of benzene rings is 1. The SMILES string of the molecule is COC1=Cc2c(occ(-c3ccc4c(c3)OCO4)c2=O)C(CCC=C(C)C)(CCC=C(C)C)C1=O. The molecule has 184 valence electrons. The fraction of sp³-hybridized carbons (Fsp3) is 0.379. The monoisotopic (exact) mass is 476 g/mol. The summed E-state index contributed by atoms with van der Waals surface area (Å²) < 4.78 is 22.6. The van der Waals surface area contributed by atoms with E-state index < -0.39 is 5.41 Å². The van der Waals surface area contributed by atoms with Gasteiger partial charge in [-0.1, -0.05) is 29.4 Å². The van der Waals surface area contributed by atoms with E-state index in [9.17, 15) is 9.59 Å². The molecule has 0 radical (unpaired) electrons. The van der Waals surface area contributed by atoms with E-state index in [-0.39, 0.29) is 23.8 Å². The Bertz CT molecular complexity index is 1260. The summed E-state index contributed by atoms with van der Waals surface area (Å²) in [6, 6.07) is 5.35. The Morgan fingerprint density at radius 3 is 2.29 bits per heavy atom. The minimum absolute atomic E-state index is 0.143. The molecule has 2 aromatic rings. The lowest BCUT2D eigenvalue weighted by Crippen LogP contribution is -2.41. The molecule has 0 N–H and O–H groups in total. The molecule has 2 aliphatic rings. The van der Waals surface area contributed by atoms with E-state index in [1.807, 2.05) is 27.7 Å². The third-order valence-electron chi connectivity index (χ3n) is 6.55. The molecule has 0 spiro atoms. The molecule has 0 saturated heterocycles. The van der Waals surface area contributed by atoms with Crippen molar-refractivity contribution in [1.82, 2.24) is 0 Å². The van der Waals surface area contributed by atoms with Gasteiger partial charge in [0.2, 0.25) is 12.6 Å². The number of allylic oxidation sites excluding steroid dienone is 5. The van der Waals surface area contributed by atoms with Gasteiger partial charge in [-0.05, 0) is 77.2 Å². The molecule has 1 aromatic heterocycles. The Hall–Kier alpha value is -3.54. The average Bonchev–Trinajstić information content (AvgIpc) is 3.29. The number of ketones is 1. The number of hydrogen-bond donors (Lipinski definition) is 0. The molecule has 0 bridgehead atoms. The lowest BCUT2D eigenvalue weighted by atomic mass is 9.68. The van der Waals surface area contributed by atoms with Gasteiger partial charge < -0.3 is 18.6 Å². The van der Waals surface area contributed by atoms with Crippen molar-refractivity contribution in [3.63, 3.8) is 0 Å². The Morgan fingerprint density at radius 2 is 1.66 bits per heavy atom. The Kier molecular flexibility index (Phi) is 7.01. The zero-order valence-electron chi connectivity index (χ0n) is 21.0. The first-order valence-corrected chi connectivity index (χ1v) is 11.9. The number of ether oxygens (including phenoxy) is 3. The molecule has 1 aliphatic carbocycles. The Morgan fingerprint density at radius 1 is 1.00 bits per heavy atom. The van der Waals surface area contributed by atoms with Crippen LogP contribution < -0.4 is 14.9 Å². The average molecular weight is 477 g/mol. The topological polar surface area (TPSA) is 75.0 Å². The van der Waals surface area contributed by atoms with E-state index in [0.29, 0.717) is 59.6 Å². The summed E-state index contributed by atoms with van der Waals surface area (Å²) in [5.74, 6) is 1.68. The van der Waals surface area contributed by atoms with Crippen molar-refractivity contribution >= 4 is 11.9 Å². The van der Waals surface area contributed by atoms with Gasteiger partial charge in [-0.15, -0.1) is 0 Å². The number of Topliss-reactive ketones (excluding diaryl/α,β-unsaturated/α-hetero) is 1. The maximum absolute atomic E-state index is 13.8. The minimum atomic E-state index is -0.986. The fourth-order valence-electron chi connectivity index (χ4n) is 4.73. The van der Waals surface area contributed by atoms with Crippen LogP contribution in [0.3, 0.4) is 0 Å². The van der Waals surface area contributed by atoms with Gasteiger partial charge in [-0.3, -0.25) is 9.59 Å². The van der Waals surface area contributed by atoms with Crippen LogP contribution >= 0.6 is 0 Å². The molecule has 6 nitrogen and oxygen atoms in total. The summed E-state index contributed by atoms with van der Waals surface area (Å²) in [6.07, 6.45) is 9.63. The van der Waals surface area contributed by atoms with Crippen LogP contribution in [0.1, 0.15) is 64.7 Å². The highest BCUT2D eigenvalue weighted by Gasteiger charge is 2.48. The summed E-state index contributed by atoms with van der Waals surface area (Å²) in [6.45, 7) is 8.28. The predicted molar refractivity (Wildman–Crippen MR) is 136 cm³/mol. The molecule has 0 saturated carbocycles. The van der Waals surface area contributed by atoms with Gasteiger partial charge in [-0.25, -0.2) is 0 Å². The van der Waals surface area contributed by atoms with Crippen LogP contribution in [0.15, 0.2) is 62.7 Å². The molecular formula is C29H32O6. The van der Waals surface area contributed by atoms with Crippen molar-refractivity contribution in [2.75, 3.05) is 13.9 Å². The fourth-order valence-corrected chi connectivity index (χ4v) is 4.73. The van der Waals surface area contributed by atoms with Gasteiger partial charge >= 0.3 is 0 Å². The van der Waals surface area contributed by atoms with Crippen LogP contribution in [0.5, 0.6) is 11.5 Å². The second-order valence-corrected chi connectivity index (χ2v) is 9.55. The highest BCUT2D eigenvalue weighted by atomic mass is 16.7. The van der Waals surface area contributed by atoms with Gasteiger partial charge in [0.15, 0.2) is 22.7 Å². The Labute approximate surface area is 205 Å². The zero-order valence-corrected chi connectivity index (χ0v) is 21.0. The van der Waals surface area contributed by atoms with Crippen molar-refractivity contribution in [2.24, 2.45) is 0 Å². The Balaban J connectivity index is 1.86. The van der Waals surface area contributed by atoms with Crippen molar-refractivity contribution in [3.05, 3.63) is 75.1 Å². The third-order valence-corrected chi connectivity index (χ3v) is 6.55. The summed E-state index contributed by atoms with van der Waals surface area (Å²) in [5, 5.41) is 0. The molecule has 6 heteroatoms. The normalized spacial score (nSPS) is 15.2. The number of rotatable bonds is 8. The van der Waals surface area contributed by atoms with E-state index in [1.54, 1.807) is 18.2 Å². The maximum Gasteiger partial charge on any atom is 0.231 e. The van der Waals surface area contributed by atoms with Gasteiger partial charge in [0.25, 0.3) is 0 Å². The second-order valence-electron chi connectivity index (χ2n) is 9.55. The maximum atomic E-state index is 13.8. The molecule has 1 aromatic carbocycles. The van der Waals surface area contributed by atoms with E-state index >= 15 is 0 Å². The van der Waals surface area contributed by atoms with Crippen LogP contribution in [0.2, 0.25) is 0 Å². The van der Waals surface area contributed by atoms with Gasteiger partial charge in [0, 0.05) is 0 Å². The van der Waals surface area contributed by atoms with Gasteiger partial charge in [-0.2, -0.15) is 0 Å². The minimum Gasteiger partial charge on any atom is -0.493 e. The molecule has 1 aliphatic heterocycles. The predicted octanol–water partition coefficient (Wildman–Crippen LogP) is 6.34. The first-order valence-electron chi connectivity index (χ1n) is 11.9. The molecule has 35 heavy (non-hydrogen) atoms. The smallest absolute Gasteiger partial charge is 0.231 e. The number of carbonyl (C=O) groups excluding carboxylic acids is 1. The number of methoxy groups -OCH3 is 1. The highest BCUT2D eigenvalue weighted by molar-refractivity contribution is 6.07. The lowest BCUT2D eigenvalue weighted by molar-refractivity contribution is -0.125. The first-order chi connectivity index (χ1) is 16.8. The zero-order chi connectivity index (χ0) is 25.2. The summed E-state index contributed by atoms with van der Waals surface area (Å²) in [5.41, 5.74) is 2.58. The highest BCUT2D eigenvalue weighted by Crippen LogP contribution is 2.44.